The molecule has 0 amide bonds. The number of Topliss-reactive ketones (excluding diaryl/α,β-unsaturated/α-hetero) is 1. The highest BCUT2D eigenvalue weighted by Crippen LogP contribution is 2.33. The molecule has 0 aliphatic heterocycles. The standard InChI is InChI=1S/C19H15Cl2NOS2/c1-11-3-4-12(2)15(7-11)18(23)10-25-19-22-17(9-24-19)14-6-5-13(20)8-16(14)21/h3-9H,10H2,1-2H3. The van der Waals surface area contributed by atoms with E-state index in [2.05, 4.69) is 4.98 Å². The number of carbonyl (C=O) groups is 1. The Morgan fingerprint density at radius 3 is 2.72 bits per heavy atom. The van der Waals surface area contributed by atoms with E-state index in [1.165, 1.54) is 23.1 Å². The number of aromatic nitrogens is 1. The van der Waals surface area contributed by atoms with Crippen molar-refractivity contribution in [2.75, 3.05) is 5.75 Å². The molecule has 0 radical (unpaired) electrons. The van der Waals surface area contributed by atoms with Crippen molar-refractivity contribution in [2.45, 2.75) is 18.2 Å². The lowest BCUT2D eigenvalue weighted by molar-refractivity contribution is 0.102. The Kier molecular flexibility index (Phi) is 5.85. The van der Waals surface area contributed by atoms with Crippen LogP contribution < -0.4 is 0 Å². The molecule has 3 rings (SSSR count). The molecule has 2 nitrogen and oxygen atoms in total. The van der Waals surface area contributed by atoms with Gasteiger partial charge in [-0.1, -0.05) is 52.7 Å². The van der Waals surface area contributed by atoms with Gasteiger partial charge in [0.25, 0.3) is 0 Å². The summed E-state index contributed by atoms with van der Waals surface area (Å²) in [6.45, 7) is 3.95. The van der Waals surface area contributed by atoms with E-state index in [0.29, 0.717) is 15.8 Å². The first-order valence-electron chi connectivity index (χ1n) is 7.58. The molecule has 128 valence electrons. The molecule has 0 fully saturated rings. The third-order valence-electron chi connectivity index (χ3n) is 3.71. The van der Waals surface area contributed by atoms with Crippen LogP contribution in [0.3, 0.4) is 0 Å². The zero-order chi connectivity index (χ0) is 18.0. The second-order valence-electron chi connectivity index (χ2n) is 5.65. The highest BCUT2D eigenvalue weighted by molar-refractivity contribution is 8.01. The molecule has 1 heterocycles. The van der Waals surface area contributed by atoms with Crippen LogP contribution in [0, 0.1) is 13.8 Å². The van der Waals surface area contributed by atoms with Crippen LogP contribution >= 0.6 is 46.3 Å². The van der Waals surface area contributed by atoms with Gasteiger partial charge in [0.15, 0.2) is 10.1 Å². The maximum atomic E-state index is 12.5. The number of nitrogens with zero attached hydrogens (tertiary/aromatic N) is 1. The molecule has 2 aromatic carbocycles. The number of ketones is 1. The Balaban J connectivity index is 1.71. The van der Waals surface area contributed by atoms with Crippen molar-refractivity contribution in [2.24, 2.45) is 0 Å². The van der Waals surface area contributed by atoms with E-state index in [4.69, 9.17) is 23.2 Å². The Bertz CT molecular complexity index is 937. The summed E-state index contributed by atoms with van der Waals surface area (Å²) < 4.78 is 0.847. The van der Waals surface area contributed by atoms with E-state index in [0.717, 1.165) is 32.3 Å². The van der Waals surface area contributed by atoms with Crippen LogP contribution in [0.1, 0.15) is 21.5 Å². The Morgan fingerprint density at radius 2 is 1.96 bits per heavy atom. The van der Waals surface area contributed by atoms with Crippen LogP contribution in [0.25, 0.3) is 11.3 Å². The molecular formula is C19H15Cl2NOS2. The minimum absolute atomic E-state index is 0.118. The third-order valence-corrected chi connectivity index (χ3v) is 6.28. The van der Waals surface area contributed by atoms with E-state index in [-0.39, 0.29) is 5.78 Å². The average molecular weight is 408 g/mol. The van der Waals surface area contributed by atoms with Gasteiger partial charge in [0.1, 0.15) is 0 Å². The van der Waals surface area contributed by atoms with Crippen LogP contribution in [0.2, 0.25) is 10.0 Å². The molecule has 0 unspecified atom stereocenters. The number of thioether (sulfide) groups is 1. The second-order valence-corrected chi connectivity index (χ2v) is 8.58. The molecule has 1 aromatic heterocycles. The van der Waals surface area contributed by atoms with Gasteiger partial charge in [0.2, 0.25) is 0 Å². The van der Waals surface area contributed by atoms with Crippen molar-refractivity contribution in [3.63, 3.8) is 0 Å². The number of hydrogen-bond acceptors (Lipinski definition) is 4. The van der Waals surface area contributed by atoms with Gasteiger partial charge in [-0.2, -0.15) is 0 Å². The van der Waals surface area contributed by atoms with Crippen LogP contribution in [0.15, 0.2) is 46.1 Å². The normalized spacial score (nSPS) is 10.9. The number of thiazole rings is 1. The molecule has 0 bridgehead atoms. The van der Waals surface area contributed by atoms with Gasteiger partial charge < -0.3 is 0 Å². The van der Waals surface area contributed by atoms with Gasteiger partial charge >= 0.3 is 0 Å². The fourth-order valence-electron chi connectivity index (χ4n) is 2.39. The fraction of sp³-hybridized carbons (Fsp3) is 0.158. The fourth-order valence-corrected chi connectivity index (χ4v) is 4.60. The molecule has 0 saturated heterocycles. The van der Waals surface area contributed by atoms with Gasteiger partial charge in [-0.25, -0.2) is 4.98 Å². The quantitative estimate of drug-likeness (QED) is 0.347. The number of rotatable bonds is 5. The largest absolute Gasteiger partial charge is 0.293 e. The summed E-state index contributed by atoms with van der Waals surface area (Å²) in [6, 6.07) is 11.3. The van der Waals surface area contributed by atoms with Gasteiger partial charge in [-0.3, -0.25) is 4.79 Å². The van der Waals surface area contributed by atoms with Gasteiger partial charge in [0.05, 0.1) is 16.5 Å². The van der Waals surface area contributed by atoms with E-state index in [1.807, 2.05) is 43.5 Å². The van der Waals surface area contributed by atoms with E-state index >= 15 is 0 Å². The summed E-state index contributed by atoms with van der Waals surface area (Å²) in [5, 5.41) is 3.11. The van der Waals surface area contributed by atoms with Crippen molar-refractivity contribution in [3.05, 3.63) is 68.5 Å². The molecule has 0 saturated carbocycles. The van der Waals surface area contributed by atoms with Crippen LogP contribution in [0.5, 0.6) is 0 Å². The molecule has 0 N–H and O–H groups in total. The average Bonchev–Trinajstić information content (AvgIpc) is 3.03. The van der Waals surface area contributed by atoms with Gasteiger partial charge in [0, 0.05) is 21.5 Å². The zero-order valence-electron chi connectivity index (χ0n) is 13.7. The van der Waals surface area contributed by atoms with E-state index < -0.39 is 0 Å². The topological polar surface area (TPSA) is 30.0 Å². The van der Waals surface area contributed by atoms with Crippen LogP contribution in [0.4, 0.5) is 0 Å². The highest BCUT2D eigenvalue weighted by Gasteiger charge is 2.13. The smallest absolute Gasteiger partial charge is 0.173 e. The summed E-state index contributed by atoms with van der Waals surface area (Å²) in [6.07, 6.45) is 0. The van der Waals surface area contributed by atoms with Crippen LogP contribution in [-0.4, -0.2) is 16.5 Å². The Labute approximate surface area is 165 Å². The monoisotopic (exact) mass is 407 g/mol. The Hall–Kier alpha value is -1.33. The summed E-state index contributed by atoms with van der Waals surface area (Å²) in [7, 11) is 0. The van der Waals surface area contributed by atoms with E-state index in [1.54, 1.807) is 12.1 Å². The predicted molar refractivity (Wildman–Crippen MR) is 109 cm³/mol. The minimum atomic E-state index is 0.118. The maximum absolute atomic E-state index is 12.5. The van der Waals surface area contributed by atoms with Crippen molar-refractivity contribution < 1.29 is 4.79 Å². The van der Waals surface area contributed by atoms with Gasteiger partial charge in [-0.05, 0) is 43.7 Å². The van der Waals surface area contributed by atoms with Crippen LogP contribution in [-0.2, 0) is 0 Å². The molecule has 0 aliphatic rings. The lowest BCUT2D eigenvalue weighted by atomic mass is 10.0. The number of benzene rings is 2. The van der Waals surface area contributed by atoms with Crippen molar-refractivity contribution in [1.29, 1.82) is 0 Å². The molecule has 0 atom stereocenters. The first-order valence-corrected chi connectivity index (χ1v) is 10.2. The molecule has 0 spiro atoms. The predicted octanol–water partition coefficient (Wildman–Crippen LogP) is 6.71. The third kappa shape index (κ3) is 4.45. The molecule has 6 heteroatoms. The SMILES string of the molecule is Cc1ccc(C)c(C(=O)CSc2nc(-c3ccc(Cl)cc3Cl)cs2)c1. The minimum Gasteiger partial charge on any atom is -0.293 e. The molecule has 0 aliphatic carbocycles. The number of halogens is 2. The first-order chi connectivity index (χ1) is 11.9. The molecular weight excluding hydrogens is 393 g/mol. The zero-order valence-corrected chi connectivity index (χ0v) is 16.8. The summed E-state index contributed by atoms with van der Waals surface area (Å²) in [5.74, 6) is 0.485. The first kappa shape index (κ1) is 18.5. The lowest BCUT2D eigenvalue weighted by Gasteiger charge is -2.05. The second kappa shape index (κ2) is 7.92. The summed E-state index contributed by atoms with van der Waals surface area (Å²) >= 11 is 15.1. The Morgan fingerprint density at radius 1 is 1.16 bits per heavy atom. The van der Waals surface area contributed by atoms with E-state index in [9.17, 15) is 4.79 Å². The highest BCUT2D eigenvalue weighted by atomic mass is 35.5. The number of hydrogen-bond donors (Lipinski definition) is 0. The number of carbonyl (C=O) groups excluding carboxylic acids is 1. The van der Waals surface area contributed by atoms with Gasteiger partial charge in [-0.15, -0.1) is 11.3 Å². The summed E-state index contributed by atoms with van der Waals surface area (Å²) in [5.41, 5.74) is 4.52. The van der Waals surface area contributed by atoms with Crippen molar-refractivity contribution in [3.8, 4) is 11.3 Å². The number of aryl methyl sites for hydroxylation is 2. The maximum Gasteiger partial charge on any atom is 0.173 e. The lowest BCUT2D eigenvalue weighted by Crippen LogP contribution is -2.05. The molecule has 3 aromatic rings. The summed E-state index contributed by atoms with van der Waals surface area (Å²) in [4.78, 5) is 17.1. The molecule has 25 heavy (non-hydrogen) atoms. The van der Waals surface area contributed by atoms with Crippen molar-refractivity contribution in [1.82, 2.24) is 4.98 Å². The van der Waals surface area contributed by atoms with Crippen molar-refractivity contribution >= 4 is 52.1 Å².